The van der Waals surface area contributed by atoms with Crippen LogP contribution in [0.15, 0.2) is 48.5 Å². The molecule has 2 aromatic carbocycles. The zero-order valence-corrected chi connectivity index (χ0v) is 11.1. The van der Waals surface area contributed by atoms with E-state index in [0.29, 0.717) is 0 Å². The molecular formula is C16H15N3O. The lowest BCUT2D eigenvalue weighted by molar-refractivity contribution is 0.256. The number of urea groups is 1. The van der Waals surface area contributed by atoms with Crippen LogP contribution in [0.5, 0.6) is 0 Å². The van der Waals surface area contributed by atoms with Crippen LogP contribution in [-0.4, -0.2) is 13.1 Å². The van der Waals surface area contributed by atoms with Crippen molar-refractivity contribution >= 4 is 29.2 Å². The van der Waals surface area contributed by atoms with Gasteiger partial charge in [-0.15, -0.1) is 0 Å². The second kappa shape index (κ2) is 4.74. The minimum absolute atomic E-state index is 0.490. The first-order valence-corrected chi connectivity index (χ1v) is 6.40. The number of hydrogen-bond acceptors (Lipinski definition) is 2. The molecule has 2 amide bonds. The second-order valence-electron chi connectivity index (χ2n) is 4.56. The van der Waals surface area contributed by atoms with Crippen LogP contribution in [0.1, 0.15) is 11.1 Å². The molecule has 1 aliphatic heterocycles. The molecule has 4 nitrogen and oxygen atoms in total. The molecule has 2 aromatic rings. The van der Waals surface area contributed by atoms with Gasteiger partial charge >= 0.3 is 6.03 Å². The third-order valence-corrected chi connectivity index (χ3v) is 3.40. The molecule has 20 heavy (non-hydrogen) atoms. The van der Waals surface area contributed by atoms with Crippen molar-refractivity contribution in [2.24, 2.45) is 5.73 Å². The van der Waals surface area contributed by atoms with Crippen LogP contribution in [0.25, 0.3) is 11.8 Å². The highest BCUT2D eigenvalue weighted by Gasteiger charge is 2.24. The second-order valence-corrected chi connectivity index (χ2v) is 4.56. The molecule has 0 saturated carbocycles. The van der Waals surface area contributed by atoms with Crippen molar-refractivity contribution in [2.45, 2.75) is 0 Å². The molecule has 0 saturated heterocycles. The molecule has 3 N–H and O–H groups in total. The maximum atomic E-state index is 11.9. The molecule has 1 heterocycles. The van der Waals surface area contributed by atoms with Gasteiger partial charge in [-0.25, -0.2) is 4.79 Å². The topological polar surface area (TPSA) is 58.4 Å². The number of rotatable bonds is 1. The van der Waals surface area contributed by atoms with E-state index in [9.17, 15) is 4.79 Å². The fraction of sp³-hybridized carbons (Fsp3) is 0.0625. The highest BCUT2D eigenvalue weighted by molar-refractivity contribution is 6.06. The largest absolute Gasteiger partial charge is 0.388 e. The Hall–Kier alpha value is -2.75. The zero-order chi connectivity index (χ0) is 14.1. The van der Waals surface area contributed by atoms with Gasteiger partial charge in [-0.2, -0.15) is 0 Å². The van der Waals surface area contributed by atoms with Gasteiger partial charge in [0.2, 0.25) is 0 Å². The molecule has 0 unspecified atom stereocenters. The molecule has 0 spiro atoms. The Bertz CT molecular complexity index is 706. The summed E-state index contributed by atoms with van der Waals surface area (Å²) in [4.78, 5) is 13.5. The van der Waals surface area contributed by atoms with Crippen LogP contribution in [-0.2, 0) is 0 Å². The summed E-state index contributed by atoms with van der Waals surface area (Å²) in [5.41, 5.74) is 10.0. The predicted octanol–water partition coefficient (Wildman–Crippen LogP) is 2.93. The number of nitrogens with two attached hydrogens (primary N) is 1. The molecule has 1 aliphatic rings. The van der Waals surface area contributed by atoms with Crippen molar-refractivity contribution in [2.75, 3.05) is 11.9 Å². The van der Waals surface area contributed by atoms with E-state index in [1.54, 1.807) is 4.90 Å². The SMILES string of the molecule is CNC1=Cc2ccccc2N(C(N)=O)c2ccccc21. The number of benzene rings is 2. The predicted molar refractivity (Wildman–Crippen MR) is 81.5 cm³/mol. The molecule has 0 atom stereocenters. The Balaban J connectivity index is 2.35. The normalized spacial score (nSPS) is 12.8. The molecule has 4 heteroatoms. The summed E-state index contributed by atoms with van der Waals surface area (Å²) in [5.74, 6) is 0. The minimum atomic E-state index is -0.490. The quantitative estimate of drug-likeness (QED) is 0.833. The summed E-state index contributed by atoms with van der Waals surface area (Å²) in [6, 6.07) is 14.9. The number of nitrogens with one attached hydrogen (secondary N) is 1. The maximum Gasteiger partial charge on any atom is 0.323 e. The standard InChI is InChI=1S/C16H15N3O/c1-18-13-10-11-6-2-4-8-14(11)19(16(17)20)15-9-5-3-7-12(13)15/h2-10,18H,1H3,(H2,17,20). The van der Waals surface area contributed by atoms with Gasteiger partial charge in [-0.05, 0) is 18.2 Å². The first kappa shape index (κ1) is 12.3. The van der Waals surface area contributed by atoms with E-state index in [1.807, 2.05) is 61.7 Å². The average molecular weight is 265 g/mol. The van der Waals surface area contributed by atoms with Crippen LogP contribution in [0, 0.1) is 0 Å². The number of anilines is 2. The zero-order valence-electron chi connectivity index (χ0n) is 11.1. The summed E-state index contributed by atoms with van der Waals surface area (Å²) in [6.07, 6.45) is 2.02. The maximum absolute atomic E-state index is 11.9. The summed E-state index contributed by atoms with van der Waals surface area (Å²) < 4.78 is 0. The Labute approximate surface area is 117 Å². The number of hydrogen-bond donors (Lipinski definition) is 2. The van der Waals surface area contributed by atoms with Gasteiger partial charge in [-0.1, -0.05) is 36.4 Å². The summed E-state index contributed by atoms with van der Waals surface area (Å²) in [5, 5.41) is 3.18. The van der Waals surface area contributed by atoms with Crippen LogP contribution in [0.2, 0.25) is 0 Å². The number of fused-ring (bicyclic) bond motifs is 2. The van der Waals surface area contributed by atoms with Gasteiger partial charge in [0, 0.05) is 23.9 Å². The smallest absolute Gasteiger partial charge is 0.323 e. The Kier molecular flexibility index (Phi) is 2.91. The molecule has 0 aliphatic carbocycles. The van der Waals surface area contributed by atoms with Crippen LogP contribution >= 0.6 is 0 Å². The van der Waals surface area contributed by atoms with E-state index < -0.39 is 6.03 Å². The van der Waals surface area contributed by atoms with Gasteiger partial charge in [-0.3, -0.25) is 4.90 Å². The van der Waals surface area contributed by atoms with Crippen molar-refractivity contribution in [1.29, 1.82) is 0 Å². The Morgan fingerprint density at radius 3 is 2.40 bits per heavy atom. The van der Waals surface area contributed by atoms with Gasteiger partial charge in [0.15, 0.2) is 0 Å². The lowest BCUT2D eigenvalue weighted by atomic mass is 10.1. The third kappa shape index (κ3) is 1.82. The molecule has 0 fully saturated rings. The number of primary amides is 1. The van der Waals surface area contributed by atoms with Gasteiger partial charge in [0.25, 0.3) is 0 Å². The van der Waals surface area contributed by atoms with E-state index in [0.717, 1.165) is 28.2 Å². The number of carbonyl (C=O) groups excluding carboxylic acids is 1. The minimum Gasteiger partial charge on any atom is -0.388 e. The average Bonchev–Trinajstić information content (AvgIpc) is 2.61. The molecular weight excluding hydrogens is 250 g/mol. The lowest BCUT2D eigenvalue weighted by Crippen LogP contribution is -2.32. The highest BCUT2D eigenvalue weighted by atomic mass is 16.2. The molecule has 100 valence electrons. The highest BCUT2D eigenvalue weighted by Crippen LogP contribution is 2.38. The lowest BCUT2D eigenvalue weighted by Gasteiger charge is -2.23. The van der Waals surface area contributed by atoms with Crippen molar-refractivity contribution in [3.63, 3.8) is 0 Å². The van der Waals surface area contributed by atoms with Gasteiger partial charge in [0.1, 0.15) is 0 Å². The summed E-state index contributed by atoms with van der Waals surface area (Å²) >= 11 is 0. The fourth-order valence-corrected chi connectivity index (χ4v) is 2.52. The Morgan fingerprint density at radius 2 is 1.70 bits per heavy atom. The van der Waals surface area contributed by atoms with Gasteiger partial charge < -0.3 is 11.1 Å². The number of carbonyl (C=O) groups is 1. The Morgan fingerprint density at radius 1 is 1.05 bits per heavy atom. The molecule has 0 radical (unpaired) electrons. The fourth-order valence-electron chi connectivity index (χ4n) is 2.52. The van der Waals surface area contributed by atoms with Crippen molar-refractivity contribution in [1.82, 2.24) is 5.32 Å². The van der Waals surface area contributed by atoms with E-state index >= 15 is 0 Å². The van der Waals surface area contributed by atoms with Gasteiger partial charge in [0.05, 0.1) is 11.4 Å². The van der Waals surface area contributed by atoms with E-state index in [4.69, 9.17) is 5.73 Å². The first-order chi connectivity index (χ1) is 9.72. The summed E-state index contributed by atoms with van der Waals surface area (Å²) in [6.45, 7) is 0. The van der Waals surface area contributed by atoms with Crippen molar-refractivity contribution in [3.05, 3.63) is 59.7 Å². The summed E-state index contributed by atoms with van der Waals surface area (Å²) in [7, 11) is 1.87. The van der Waals surface area contributed by atoms with E-state index in [-0.39, 0.29) is 0 Å². The van der Waals surface area contributed by atoms with E-state index in [2.05, 4.69) is 5.32 Å². The molecule has 0 bridgehead atoms. The number of amides is 2. The molecule has 3 rings (SSSR count). The number of para-hydroxylation sites is 2. The third-order valence-electron chi connectivity index (χ3n) is 3.40. The van der Waals surface area contributed by atoms with E-state index in [1.165, 1.54) is 0 Å². The van der Waals surface area contributed by atoms with Crippen LogP contribution in [0.4, 0.5) is 16.2 Å². The molecule has 0 aromatic heterocycles. The first-order valence-electron chi connectivity index (χ1n) is 6.40. The van der Waals surface area contributed by atoms with Crippen molar-refractivity contribution in [3.8, 4) is 0 Å². The van der Waals surface area contributed by atoms with Crippen LogP contribution in [0.3, 0.4) is 0 Å². The number of nitrogens with zero attached hydrogens (tertiary/aromatic N) is 1. The monoisotopic (exact) mass is 265 g/mol. The van der Waals surface area contributed by atoms with Crippen molar-refractivity contribution < 1.29 is 4.79 Å². The van der Waals surface area contributed by atoms with Crippen LogP contribution < -0.4 is 16.0 Å².